The molecule has 2 aromatic carbocycles. The van der Waals surface area contributed by atoms with Gasteiger partial charge in [0.25, 0.3) is 0 Å². The van der Waals surface area contributed by atoms with Gasteiger partial charge in [0, 0.05) is 5.69 Å². The summed E-state index contributed by atoms with van der Waals surface area (Å²) in [5.41, 5.74) is 6.02. The molecular weight excluding hydrogens is 220 g/mol. The monoisotopic (exact) mass is 236 g/mol. The van der Waals surface area contributed by atoms with Crippen molar-refractivity contribution < 1.29 is 0 Å². The Bertz CT molecular complexity index is 709. The number of hydrogen-bond acceptors (Lipinski definition) is 1. The van der Waals surface area contributed by atoms with Crippen LogP contribution in [0.3, 0.4) is 0 Å². The van der Waals surface area contributed by atoms with E-state index in [4.69, 9.17) is 0 Å². The molecular formula is C16H16N2. The third-order valence-corrected chi connectivity index (χ3v) is 3.45. The van der Waals surface area contributed by atoms with Crippen LogP contribution in [0.4, 0.5) is 0 Å². The standard InChI is InChI=1S/C16H16N2/c1-11-9-15-16(10-12(11)2)18(13(3)17-15)14-7-5-4-6-8-14/h4-10H,1-3H3. The Morgan fingerprint density at radius 3 is 2.28 bits per heavy atom. The van der Waals surface area contributed by atoms with Crippen LogP contribution in [0.25, 0.3) is 16.7 Å². The molecule has 0 saturated heterocycles. The Hall–Kier alpha value is -2.09. The van der Waals surface area contributed by atoms with Gasteiger partial charge in [0.1, 0.15) is 5.82 Å². The van der Waals surface area contributed by atoms with Gasteiger partial charge in [-0.25, -0.2) is 4.98 Å². The molecule has 18 heavy (non-hydrogen) atoms. The fraction of sp³-hybridized carbons (Fsp3) is 0.188. The molecule has 0 aliphatic carbocycles. The van der Waals surface area contributed by atoms with Gasteiger partial charge in [-0.1, -0.05) is 18.2 Å². The number of aryl methyl sites for hydroxylation is 3. The van der Waals surface area contributed by atoms with Gasteiger partial charge >= 0.3 is 0 Å². The van der Waals surface area contributed by atoms with Crippen LogP contribution >= 0.6 is 0 Å². The summed E-state index contributed by atoms with van der Waals surface area (Å²) in [6, 6.07) is 14.8. The van der Waals surface area contributed by atoms with Crippen LogP contribution in [-0.4, -0.2) is 9.55 Å². The van der Waals surface area contributed by atoms with E-state index >= 15 is 0 Å². The summed E-state index contributed by atoms with van der Waals surface area (Å²) in [6.45, 7) is 6.33. The van der Waals surface area contributed by atoms with Crippen LogP contribution in [0.5, 0.6) is 0 Å². The lowest BCUT2D eigenvalue weighted by Crippen LogP contribution is -1.96. The third-order valence-electron chi connectivity index (χ3n) is 3.45. The molecule has 3 aromatic rings. The molecule has 0 amide bonds. The van der Waals surface area contributed by atoms with Crippen LogP contribution in [0.2, 0.25) is 0 Å². The fourth-order valence-corrected chi connectivity index (χ4v) is 2.36. The van der Waals surface area contributed by atoms with Gasteiger partial charge in [-0.3, -0.25) is 4.57 Å². The normalized spacial score (nSPS) is 11.1. The van der Waals surface area contributed by atoms with Gasteiger partial charge in [-0.2, -0.15) is 0 Å². The summed E-state index contributed by atoms with van der Waals surface area (Å²) in [7, 11) is 0. The number of para-hydroxylation sites is 1. The topological polar surface area (TPSA) is 17.8 Å². The maximum Gasteiger partial charge on any atom is 0.111 e. The van der Waals surface area contributed by atoms with Crippen molar-refractivity contribution in [3.63, 3.8) is 0 Å². The molecule has 0 radical (unpaired) electrons. The van der Waals surface area contributed by atoms with Crippen molar-refractivity contribution in [2.75, 3.05) is 0 Å². The number of aromatic nitrogens is 2. The Labute approximate surface area is 107 Å². The second kappa shape index (κ2) is 3.98. The van der Waals surface area contributed by atoms with Gasteiger partial charge in [0.05, 0.1) is 11.0 Å². The van der Waals surface area contributed by atoms with E-state index in [1.165, 1.54) is 22.3 Å². The Balaban J connectivity index is 2.36. The van der Waals surface area contributed by atoms with Crippen LogP contribution in [0.1, 0.15) is 17.0 Å². The van der Waals surface area contributed by atoms with Crippen molar-refractivity contribution in [2.24, 2.45) is 0 Å². The number of hydrogen-bond donors (Lipinski definition) is 0. The first-order valence-corrected chi connectivity index (χ1v) is 6.18. The highest BCUT2D eigenvalue weighted by molar-refractivity contribution is 5.80. The largest absolute Gasteiger partial charge is 0.297 e. The SMILES string of the molecule is Cc1cc2nc(C)n(-c3ccccc3)c2cc1C. The predicted molar refractivity (Wildman–Crippen MR) is 75.3 cm³/mol. The Morgan fingerprint density at radius 1 is 0.889 bits per heavy atom. The molecule has 0 spiro atoms. The first-order chi connectivity index (χ1) is 8.66. The number of benzene rings is 2. The Kier molecular flexibility index (Phi) is 2.44. The molecule has 2 heteroatoms. The predicted octanol–water partition coefficient (Wildman–Crippen LogP) is 3.95. The maximum absolute atomic E-state index is 4.65. The molecule has 0 bridgehead atoms. The second-order valence-corrected chi connectivity index (χ2v) is 4.76. The van der Waals surface area contributed by atoms with E-state index in [2.05, 4.69) is 66.7 Å². The summed E-state index contributed by atoms with van der Waals surface area (Å²) in [5, 5.41) is 0. The average molecular weight is 236 g/mol. The van der Waals surface area contributed by atoms with Gasteiger partial charge in [0.2, 0.25) is 0 Å². The van der Waals surface area contributed by atoms with E-state index in [-0.39, 0.29) is 0 Å². The zero-order valence-electron chi connectivity index (χ0n) is 10.9. The number of rotatable bonds is 1. The van der Waals surface area contributed by atoms with Crippen molar-refractivity contribution in [3.05, 3.63) is 59.4 Å². The van der Waals surface area contributed by atoms with Crippen molar-refractivity contribution in [3.8, 4) is 5.69 Å². The van der Waals surface area contributed by atoms with E-state index < -0.39 is 0 Å². The third kappa shape index (κ3) is 1.61. The molecule has 0 aliphatic heterocycles. The maximum atomic E-state index is 4.65. The summed E-state index contributed by atoms with van der Waals surface area (Å²) in [4.78, 5) is 4.65. The molecule has 0 atom stereocenters. The summed E-state index contributed by atoms with van der Waals surface area (Å²) < 4.78 is 2.21. The Morgan fingerprint density at radius 2 is 1.56 bits per heavy atom. The summed E-state index contributed by atoms with van der Waals surface area (Å²) in [6.07, 6.45) is 0. The van der Waals surface area contributed by atoms with Gasteiger partial charge in [0.15, 0.2) is 0 Å². The van der Waals surface area contributed by atoms with Crippen molar-refractivity contribution in [2.45, 2.75) is 20.8 Å². The molecule has 2 nitrogen and oxygen atoms in total. The minimum atomic E-state index is 1.03. The molecule has 90 valence electrons. The summed E-state index contributed by atoms with van der Waals surface area (Å²) >= 11 is 0. The van der Waals surface area contributed by atoms with E-state index in [1.54, 1.807) is 0 Å². The quantitative estimate of drug-likeness (QED) is 0.625. The highest BCUT2D eigenvalue weighted by Gasteiger charge is 2.10. The molecule has 0 N–H and O–H groups in total. The molecule has 0 aliphatic rings. The summed E-state index contributed by atoms with van der Waals surface area (Å²) in [5.74, 6) is 1.03. The van der Waals surface area contributed by atoms with E-state index in [0.717, 1.165) is 11.3 Å². The molecule has 3 rings (SSSR count). The first kappa shape index (κ1) is 11.0. The zero-order valence-corrected chi connectivity index (χ0v) is 10.9. The van der Waals surface area contributed by atoms with Crippen molar-refractivity contribution in [1.29, 1.82) is 0 Å². The fourth-order valence-electron chi connectivity index (χ4n) is 2.36. The average Bonchev–Trinajstić information content (AvgIpc) is 2.66. The van der Waals surface area contributed by atoms with E-state index in [9.17, 15) is 0 Å². The zero-order chi connectivity index (χ0) is 12.7. The second-order valence-electron chi connectivity index (χ2n) is 4.76. The minimum Gasteiger partial charge on any atom is -0.297 e. The molecule has 0 unspecified atom stereocenters. The lowest BCUT2D eigenvalue weighted by molar-refractivity contribution is 1.00. The van der Waals surface area contributed by atoms with E-state index in [0.29, 0.717) is 0 Å². The number of imidazole rings is 1. The number of nitrogens with zero attached hydrogens (tertiary/aromatic N) is 2. The lowest BCUT2D eigenvalue weighted by Gasteiger charge is -2.07. The molecule has 1 heterocycles. The molecule has 0 fully saturated rings. The van der Waals surface area contributed by atoms with Crippen LogP contribution in [0, 0.1) is 20.8 Å². The highest BCUT2D eigenvalue weighted by Crippen LogP contribution is 2.23. The van der Waals surface area contributed by atoms with Crippen molar-refractivity contribution >= 4 is 11.0 Å². The van der Waals surface area contributed by atoms with Gasteiger partial charge in [-0.15, -0.1) is 0 Å². The van der Waals surface area contributed by atoms with Crippen LogP contribution in [0.15, 0.2) is 42.5 Å². The lowest BCUT2D eigenvalue weighted by atomic mass is 10.1. The van der Waals surface area contributed by atoms with Gasteiger partial charge in [-0.05, 0) is 56.2 Å². The van der Waals surface area contributed by atoms with Crippen molar-refractivity contribution in [1.82, 2.24) is 9.55 Å². The first-order valence-electron chi connectivity index (χ1n) is 6.18. The highest BCUT2D eigenvalue weighted by atomic mass is 15.1. The molecule has 0 saturated carbocycles. The van der Waals surface area contributed by atoms with Crippen LogP contribution < -0.4 is 0 Å². The van der Waals surface area contributed by atoms with Crippen LogP contribution in [-0.2, 0) is 0 Å². The minimum absolute atomic E-state index is 1.03. The van der Waals surface area contributed by atoms with E-state index in [1.807, 2.05) is 6.07 Å². The smallest absolute Gasteiger partial charge is 0.111 e. The van der Waals surface area contributed by atoms with Gasteiger partial charge < -0.3 is 0 Å². The molecule has 1 aromatic heterocycles. The number of fused-ring (bicyclic) bond motifs is 1.